The van der Waals surface area contributed by atoms with Crippen LogP contribution < -0.4 is 5.32 Å². The van der Waals surface area contributed by atoms with Gasteiger partial charge < -0.3 is 5.32 Å². The maximum atomic E-state index is 12.8. The Labute approximate surface area is 143 Å². The zero-order valence-corrected chi connectivity index (χ0v) is 14.4. The van der Waals surface area contributed by atoms with E-state index in [1.54, 1.807) is 12.1 Å². The zero-order valence-electron chi connectivity index (χ0n) is 12.0. The van der Waals surface area contributed by atoms with Gasteiger partial charge in [-0.25, -0.2) is 12.8 Å². The lowest BCUT2D eigenvalue weighted by atomic mass is 10.3. The fraction of sp³-hybridized carbons (Fsp3) is 0.133. The van der Waals surface area contributed by atoms with E-state index in [9.17, 15) is 17.6 Å². The summed E-state index contributed by atoms with van der Waals surface area (Å²) in [5, 5.41) is 2.82. The summed E-state index contributed by atoms with van der Waals surface area (Å²) in [6, 6.07) is 9.88. The van der Waals surface area contributed by atoms with Gasteiger partial charge >= 0.3 is 0 Å². The number of thioether (sulfide) groups is 1. The molecule has 2 aromatic carbocycles. The number of halogens is 2. The Morgan fingerprint density at radius 3 is 2.48 bits per heavy atom. The van der Waals surface area contributed by atoms with Crippen LogP contribution in [0.2, 0.25) is 5.02 Å². The number of nitrogens with one attached hydrogen (secondary N) is 1. The van der Waals surface area contributed by atoms with Crippen LogP contribution in [0, 0.1) is 5.82 Å². The minimum Gasteiger partial charge on any atom is -0.324 e. The van der Waals surface area contributed by atoms with E-state index in [-0.39, 0.29) is 33.1 Å². The predicted molar refractivity (Wildman–Crippen MR) is 90.3 cm³/mol. The minimum absolute atomic E-state index is 0.0726. The number of rotatable bonds is 5. The van der Waals surface area contributed by atoms with Gasteiger partial charge in [-0.1, -0.05) is 11.6 Å². The van der Waals surface area contributed by atoms with Crippen LogP contribution in [0.5, 0.6) is 0 Å². The first-order valence-electron chi connectivity index (χ1n) is 6.43. The molecule has 2 aromatic rings. The molecule has 8 heteroatoms. The SMILES string of the molecule is CS(=O)(=O)c1ccc(Cl)c(NC(=O)CSc2ccc(F)cc2)c1. The van der Waals surface area contributed by atoms with Gasteiger partial charge in [0.15, 0.2) is 9.84 Å². The summed E-state index contributed by atoms with van der Waals surface area (Å²) in [7, 11) is -3.39. The Morgan fingerprint density at radius 1 is 1.22 bits per heavy atom. The molecule has 0 atom stereocenters. The monoisotopic (exact) mass is 373 g/mol. The zero-order chi connectivity index (χ0) is 17.0. The Bertz CT molecular complexity index is 823. The third kappa shape index (κ3) is 5.23. The lowest BCUT2D eigenvalue weighted by Gasteiger charge is -2.09. The van der Waals surface area contributed by atoms with E-state index in [4.69, 9.17) is 11.6 Å². The molecule has 23 heavy (non-hydrogen) atoms. The molecule has 0 heterocycles. The van der Waals surface area contributed by atoms with Gasteiger partial charge in [0.2, 0.25) is 5.91 Å². The van der Waals surface area contributed by atoms with Gasteiger partial charge in [-0.05, 0) is 42.5 Å². The van der Waals surface area contributed by atoms with Crippen LogP contribution in [0.15, 0.2) is 52.3 Å². The Balaban J connectivity index is 2.04. The maximum absolute atomic E-state index is 12.8. The normalized spacial score (nSPS) is 11.3. The number of carbonyl (C=O) groups is 1. The molecule has 0 aliphatic rings. The van der Waals surface area contributed by atoms with Crippen molar-refractivity contribution in [2.24, 2.45) is 0 Å². The van der Waals surface area contributed by atoms with Crippen molar-refractivity contribution in [1.82, 2.24) is 0 Å². The second kappa shape index (κ2) is 7.33. The molecule has 0 aliphatic carbocycles. The van der Waals surface area contributed by atoms with Crippen LogP contribution in [0.3, 0.4) is 0 Å². The van der Waals surface area contributed by atoms with Crippen molar-refractivity contribution in [3.63, 3.8) is 0 Å². The molecular weight excluding hydrogens is 361 g/mol. The van der Waals surface area contributed by atoms with Gasteiger partial charge in [0.25, 0.3) is 0 Å². The van der Waals surface area contributed by atoms with Crippen LogP contribution in [0.4, 0.5) is 10.1 Å². The topological polar surface area (TPSA) is 63.2 Å². The quantitative estimate of drug-likeness (QED) is 0.813. The van der Waals surface area contributed by atoms with E-state index in [1.165, 1.54) is 42.1 Å². The molecule has 0 saturated heterocycles. The van der Waals surface area contributed by atoms with Crippen LogP contribution in [-0.2, 0) is 14.6 Å². The van der Waals surface area contributed by atoms with Crippen molar-refractivity contribution < 1.29 is 17.6 Å². The molecule has 2 rings (SSSR count). The van der Waals surface area contributed by atoms with E-state index >= 15 is 0 Å². The second-order valence-electron chi connectivity index (χ2n) is 4.70. The Hall–Kier alpha value is -1.57. The van der Waals surface area contributed by atoms with E-state index in [0.717, 1.165) is 11.2 Å². The number of hydrogen-bond donors (Lipinski definition) is 1. The Kier molecular flexibility index (Phi) is 5.67. The standard InChI is InChI=1S/C15H13ClFNO3S2/c1-23(20,21)12-6-7-13(16)14(8-12)18-15(19)9-22-11-4-2-10(17)3-5-11/h2-8H,9H2,1H3,(H,18,19). The first kappa shape index (κ1) is 17.8. The van der Waals surface area contributed by atoms with Gasteiger partial charge in [0.1, 0.15) is 5.82 Å². The maximum Gasteiger partial charge on any atom is 0.234 e. The molecule has 0 radical (unpaired) electrons. The van der Waals surface area contributed by atoms with E-state index < -0.39 is 9.84 Å². The molecule has 1 N–H and O–H groups in total. The third-order valence-corrected chi connectivity index (χ3v) is 5.28. The van der Waals surface area contributed by atoms with E-state index in [2.05, 4.69) is 5.32 Å². The fourth-order valence-corrected chi connectivity index (χ4v) is 3.21. The highest BCUT2D eigenvalue weighted by atomic mass is 35.5. The number of carbonyl (C=O) groups excluding carboxylic acids is 1. The van der Waals surface area contributed by atoms with Crippen LogP contribution >= 0.6 is 23.4 Å². The predicted octanol–water partition coefficient (Wildman–Crippen LogP) is 3.61. The van der Waals surface area contributed by atoms with Crippen molar-refractivity contribution in [3.05, 3.63) is 53.3 Å². The van der Waals surface area contributed by atoms with Crippen LogP contribution in [0.25, 0.3) is 0 Å². The number of benzene rings is 2. The molecule has 4 nitrogen and oxygen atoms in total. The molecule has 0 saturated carbocycles. The van der Waals surface area contributed by atoms with Crippen molar-refractivity contribution in [1.29, 1.82) is 0 Å². The van der Waals surface area contributed by atoms with Gasteiger partial charge in [-0.15, -0.1) is 11.8 Å². The second-order valence-corrected chi connectivity index (χ2v) is 8.18. The van der Waals surface area contributed by atoms with Gasteiger partial charge in [0.05, 0.1) is 21.4 Å². The molecule has 122 valence electrons. The summed E-state index contributed by atoms with van der Waals surface area (Å²) < 4.78 is 35.9. The molecule has 0 spiro atoms. The van der Waals surface area contributed by atoms with Crippen molar-refractivity contribution in [3.8, 4) is 0 Å². The summed E-state index contributed by atoms with van der Waals surface area (Å²) in [6.45, 7) is 0. The minimum atomic E-state index is -3.39. The average molecular weight is 374 g/mol. The molecule has 0 unspecified atom stereocenters. The van der Waals surface area contributed by atoms with Crippen molar-refractivity contribution >= 4 is 44.8 Å². The molecule has 0 aromatic heterocycles. The third-order valence-electron chi connectivity index (χ3n) is 2.82. The Morgan fingerprint density at radius 2 is 1.87 bits per heavy atom. The summed E-state index contributed by atoms with van der Waals surface area (Å²) in [4.78, 5) is 12.8. The molecule has 0 fully saturated rings. The fourth-order valence-electron chi connectivity index (χ4n) is 1.70. The van der Waals surface area contributed by atoms with Gasteiger partial charge in [0, 0.05) is 11.2 Å². The summed E-state index contributed by atoms with van der Waals surface area (Å²) in [6.07, 6.45) is 1.08. The smallest absolute Gasteiger partial charge is 0.234 e. The molecule has 0 bridgehead atoms. The number of sulfone groups is 1. The van der Waals surface area contributed by atoms with E-state index in [1.807, 2.05) is 0 Å². The highest BCUT2D eigenvalue weighted by Gasteiger charge is 2.12. The van der Waals surface area contributed by atoms with Gasteiger partial charge in [-0.3, -0.25) is 4.79 Å². The number of amides is 1. The highest BCUT2D eigenvalue weighted by molar-refractivity contribution is 8.00. The van der Waals surface area contributed by atoms with Crippen LogP contribution in [-0.4, -0.2) is 26.3 Å². The van der Waals surface area contributed by atoms with Gasteiger partial charge in [-0.2, -0.15) is 0 Å². The average Bonchev–Trinajstić information content (AvgIpc) is 2.48. The molecule has 1 amide bonds. The highest BCUT2D eigenvalue weighted by Crippen LogP contribution is 2.26. The van der Waals surface area contributed by atoms with Crippen molar-refractivity contribution in [2.75, 3.05) is 17.3 Å². The number of hydrogen-bond acceptors (Lipinski definition) is 4. The lowest BCUT2D eigenvalue weighted by molar-refractivity contribution is -0.113. The molecular formula is C15H13ClFNO3S2. The first-order chi connectivity index (χ1) is 10.8. The number of anilines is 1. The first-order valence-corrected chi connectivity index (χ1v) is 9.69. The lowest BCUT2D eigenvalue weighted by Crippen LogP contribution is -2.14. The summed E-state index contributed by atoms with van der Waals surface area (Å²) in [5.74, 6) is -0.597. The molecule has 0 aliphatic heterocycles. The largest absolute Gasteiger partial charge is 0.324 e. The van der Waals surface area contributed by atoms with Crippen LogP contribution in [0.1, 0.15) is 0 Å². The summed E-state index contributed by atoms with van der Waals surface area (Å²) >= 11 is 7.20. The van der Waals surface area contributed by atoms with E-state index in [0.29, 0.717) is 0 Å². The summed E-state index contributed by atoms with van der Waals surface area (Å²) in [5.41, 5.74) is 0.235. The van der Waals surface area contributed by atoms with Crippen molar-refractivity contribution in [2.45, 2.75) is 9.79 Å².